The first-order chi connectivity index (χ1) is 6.27. The number of amides is 1. The van der Waals surface area contributed by atoms with E-state index in [-0.39, 0.29) is 5.91 Å². The lowest BCUT2D eigenvalue weighted by atomic mass is 10.5. The largest absolute Gasteiger partial charge is 0.311 e. The zero-order valence-corrected chi connectivity index (χ0v) is 7.87. The summed E-state index contributed by atoms with van der Waals surface area (Å²) in [4.78, 5) is 11.2. The van der Waals surface area contributed by atoms with E-state index in [0.29, 0.717) is 6.54 Å². The predicted octanol–water partition coefficient (Wildman–Crippen LogP) is 0.0609. The van der Waals surface area contributed by atoms with Gasteiger partial charge in [-0.15, -0.1) is 0 Å². The van der Waals surface area contributed by atoms with Crippen molar-refractivity contribution in [2.75, 3.05) is 18.9 Å². The number of hydrogen-bond donors (Lipinski definition) is 2. The Morgan fingerprint density at radius 1 is 1.69 bits per heavy atom. The van der Waals surface area contributed by atoms with E-state index in [2.05, 4.69) is 15.7 Å². The predicted molar refractivity (Wildman–Crippen MR) is 50.5 cm³/mol. The molecular weight excluding hydrogens is 168 g/mol. The van der Waals surface area contributed by atoms with Crippen molar-refractivity contribution in [3.8, 4) is 0 Å². The number of likely N-dealkylation sites (N-methyl/N-ethyl adjacent to an activating group) is 1. The van der Waals surface area contributed by atoms with Crippen molar-refractivity contribution in [2.24, 2.45) is 0 Å². The number of rotatable bonds is 4. The molecule has 2 N–H and O–H groups in total. The van der Waals surface area contributed by atoms with E-state index < -0.39 is 0 Å². The fourth-order valence-corrected chi connectivity index (χ4v) is 1.04. The van der Waals surface area contributed by atoms with E-state index in [1.165, 1.54) is 0 Å². The van der Waals surface area contributed by atoms with E-state index >= 15 is 0 Å². The molecule has 0 unspecified atom stereocenters. The first-order valence-corrected chi connectivity index (χ1v) is 4.24. The highest BCUT2D eigenvalue weighted by atomic mass is 16.2. The molecule has 1 amide bonds. The van der Waals surface area contributed by atoms with Crippen molar-refractivity contribution < 1.29 is 4.79 Å². The summed E-state index contributed by atoms with van der Waals surface area (Å²) in [6.45, 7) is 3.04. The molecular formula is C8H14N4O. The summed E-state index contributed by atoms with van der Waals surface area (Å²) in [5.41, 5.74) is 0. The monoisotopic (exact) mass is 182 g/mol. The molecule has 0 bridgehead atoms. The van der Waals surface area contributed by atoms with Crippen LogP contribution in [-0.4, -0.2) is 29.3 Å². The number of nitrogens with zero attached hydrogens (tertiary/aromatic N) is 2. The van der Waals surface area contributed by atoms with Gasteiger partial charge in [0, 0.05) is 12.6 Å². The smallest absolute Gasteiger partial charge is 0.239 e. The quantitative estimate of drug-likeness (QED) is 0.692. The zero-order chi connectivity index (χ0) is 9.68. The molecule has 13 heavy (non-hydrogen) atoms. The first kappa shape index (κ1) is 9.73. The highest BCUT2D eigenvalue weighted by molar-refractivity contribution is 5.91. The summed E-state index contributed by atoms with van der Waals surface area (Å²) in [6.07, 6.45) is 1.67. The maximum Gasteiger partial charge on any atom is 0.239 e. The minimum Gasteiger partial charge on any atom is -0.311 e. The van der Waals surface area contributed by atoms with Gasteiger partial charge in [0.2, 0.25) is 5.91 Å². The lowest BCUT2D eigenvalue weighted by Crippen LogP contribution is -2.26. The molecule has 1 aromatic heterocycles. The Hall–Kier alpha value is -1.36. The van der Waals surface area contributed by atoms with Crippen molar-refractivity contribution in [1.29, 1.82) is 0 Å². The fraction of sp³-hybridized carbons (Fsp3) is 0.500. The molecule has 0 fully saturated rings. The van der Waals surface area contributed by atoms with Crippen LogP contribution >= 0.6 is 0 Å². The second-order valence-corrected chi connectivity index (χ2v) is 2.61. The van der Waals surface area contributed by atoms with Crippen LogP contribution in [0.25, 0.3) is 0 Å². The molecule has 0 saturated heterocycles. The maximum absolute atomic E-state index is 11.2. The topological polar surface area (TPSA) is 59.0 Å². The van der Waals surface area contributed by atoms with Crippen LogP contribution in [0.2, 0.25) is 0 Å². The van der Waals surface area contributed by atoms with Gasteiger partial charge in [0.15, 0.2) is 0 Å². The number of carbonyl (C=O) groups is 1. The SMILES string of the molecule is CCn1nccc1NC(=O)CNC. The Balaban J connectivity index is 2.57. The normalized spacial score (nSPS) is 10.0. The minimum absolute atomic E-state index is 0.0577. The summed E-state index contributed by atoms with van der Waals surface area (Å²) in [5, 5.41) is 9.55. The molecule has 5 nitrogen and oxygen atoms in total. The van der Waals surface area contributed by atoms with E-state index in [1.54, 1.807) is 24.0 Å². The van der Waals surface area contributed by atoms with Gasteiger partial charge in [0.1, 0.15) is 5.82 Å². The molecule has 0 aliphatic carbocycles. The van der Waals surface area contributed by atoms with Crippen LogP contribution in [0.1, 0.15) is 6.92 Å². The Kier molecular flexibility index (Phi) is 3.45. The van der Waals surface area contributed by atoms with Crippen molar-refractivity contribution in [1.82, 2.24) is 15.1 Å². The fourth-order valence-electron chi connectivity index (χ4n) is 1.04. The average molecular weight is 182 g/mol. The molecule has 0 aliphatic rings. The number of aryl methyl sites for hydroxylation is 1. The minimum atomic E-state index is -0.0577. The lowest BCUT2D eigenvalue weighted by molar-refractivity contribution is -0.115. The molecule has 1 rings (SSSR count). The Bertz CT molecular complexity index is 281. The van der Waals surface area contributed by atoms with Gasteiger partial charge in [0.05, 0.1) is 12.7 Å². The van der Waals surface area contributed by atoms with Crippen molar-refractivity contribution in [2.45, 2.75) is 13.5 Å². The van der Waals surface area contributed by atoms with Crippen LogP contribution < -0.4 is 10.6 Å². The summed E-state index contributed by atoms with van der Waals surface area (Å²) in [6, 6.07) is 1.77. The van der Waals surface area contributed by atoms with Gasteiger partial charge < -0.3 is 10.6 Å². The highest BCUT2D eigenvalue weighted by Crippen LogP contribution is 2.04. The van der Waals surface area contributed by atoms with Crippen LogP contribution in [-0.2, 0) is 11.3 Å². The maximum atomic E-state index is 11.2. The van der Waals surface area contributed by atoms with Gasteiger partial charge in [-0.05, 0) is 14.0 Å². The Morgan fingerprint density at radius 3 is 3.08 bits per heavy atom. The molecule has 0 aromatic carbocycles. The standard InChI is InChI=1S/C8H14N4O/c1-3-12-7(4-5-10-12)11-8(13)6-9-2/h4-5,9H,3,6H2,1-2H3,(H,11,13). The van der Waals surface area contributed by atoms with Crippen molar-refractivity contribution in [3.63, 3.8) is 0 Å². The molecule has 72 valence electrons. The Morgan fingerprint density at radius 2 is 2.46 bits per heavy atom. The van der Waals surface area contributed by atoms with E-state index in [0.717, 1.165) is 12.4 Å². The van der Waals surface area contributed by atoms with E-state index in [4.69, 9.17) is 0 Å². The average Bonchev–Trinajstić information content (AvgIpc) is 2.52. The van der Waals surface area contributed by atoms with Gasteiger partial charge in [-0.25, -0.2) is 4.68 Å². The number of aromatic nitrogens is 2. The third-order valence-electron chi connectivity index (χ3n) is 1.62. The van der Waals surface area contributed by atoms with Gasteiger partial charge in [-0.1, -0.05) is 0 Å². The number of anilines is 1. The molecule has 0 atom stereocenters. The van der Waals surface area contributed by atoms with Crippen molar-refractivity contribution >= 4 is 11.7 Å². The number of hydrogen-bond acceptors (Lipinski definition) is 3. The van der Waals surface area contributed by atoms with Gasteiger partial charge in [-0.3, -0.25) is 4.79 Å². The van der Waals surface area contributed by atoms with Crippen LogP contribution in [0, 0.1) is 0 Å². The second kappa shape index (κ2) is 4.61. The summed E-state index contributed by atoms with van der Waals surface area (Å²) < 4.78 is 1.73. The lowest BCUT2D eigenvalue weighted by Gasteiger charge is -2.05. The van der Waals surface area contributed by atoms with Gasteiger partial charge in [-0.2, -0.15) is 5.10 Å². The van der Waals surface area contributed by atoms with Crippen LogP contribution in [0.4, 0.5) is 5.82 Å². The molecule has 0 spiro atoms. The summed E-state index contributed by atoms with van der Waals surface area (Å²) in [7, 11) is 1.73. The molecule has 0 saturated carbocycles. The molecule has 5 heteroatoms. The molecule has 1 heterocycles. The van der Waals surface area contributed by atoms with Crippen LogP contribution in [0.3, 0.4) is 0 Å². The van der Waals surface area contributed by atoms with Gasteiger partial charge >= 0.3 is 0 Å². The third kappa shape index (κ3) is 2.55. The molecule has 0 radical (unpaired) electrons. The number of carbonyl (C=O) groups excluding carboxylic acids is 1. The van der Waals surface area contributed by atoms with E-state index in [1.807, 2.05) is 6.92 Å². The van der Waals surface area contributed by atoms with Gasteiger partial charge in [0.25, 0.3) is 0 Å². The van der Waals surface area contributed by atoms with E-state index in [9.17, 15) is 4.79 Å². The highest BCUT2D eigenvalue weighted by Gasteiger charge is 2.03. The Labute approximate surface area is 77.1 Å². The molecule has 0 aliphatic heterocycles. The second-order valence-electron chi connectivity index (χ2n) is 2.61. The third-order valence-corrected chi connectivity index (χ3v) is 1.62. The summed E-state index contributed by atoms with van der Waals surface area (Å²) in [5.74, 6) is 0.681. The molecule has 1 aromatic rings. The number of nitrogens with one attached hydrogen (secondary N) is 2. The zero-order valence-electron chi connectivity index (χ0n) is 7.87. The van der Waals surface area contributed by atoms with Crippen LogP contribution in [0.15, 0.2) is 12.3 Å². The van der Waals surface area contributed by atoms with Crippen molar-refractivity contribution in [3.05, 3.63) is 12.3 Å². The summed E-state index contributed by atoms with van der Waals surface area (Å²) >= 11 is 0. The van der Waals surface area contributed by atoms with Crippen LogP contribution in [0.5, 0.6) is 0 Å². The first-order valence-electron chi connectivity index (χ1n) is 4.24.